The number of nitro groups is 1. The first-order valence-electron chi connectivity index (χ1n) is 7.91. The second kappa shape index (κ2) is 8.25. The number of nitrogens with two attached hydrogens (primary N) is 1. The van der Waals surface area contributed by atoms with Gasteiger partial charge in [-0.1, -0.05) is 30.3 Å². The molecule has 3 N–H and O–H groups in total. The summed E-state index contributed by atoms with van der Waals surface area (Å²) in [6, 6.07) is 14.4. The van der Waals surface area contributed by atoms with E-state index in [-0.39, 0.29) is 17.3 Å². The maximum Gasteiger partial charge on any atom is 0.293 e. The maximum absolute atomic E-state index is 11.3. The summed E-state index contributed by atoms with van der Waals surface area (Å²) < 4.78 is 0. The van der Waals surface area contributed by atoms with E-state index in [1.807, 2.05) is 32.3 Å². The summed E-state index contributed by atoms with van der Waals surface area (Å²) in [5.41, 5.74) is 6.72. The lowest BCUT2D eigenvalue weighted by molar-refractivity contribution is -0.384. The summed E-state index contributed by atoms with van der Waals surface area (Å²) >= 11 is 0. The van der Waals surface area contributed by atoms with E-state index < -0.39 is 10.8 Å². The van der Waals surface area contributed by atoms with Gasteiger partial charge in [-0.15, -0.1) is 0 Å². The van der Waals surface area contributed by atoms with Crippen molar-refractivity contribution >= 4 is 17.3 Å². The Kier molecular flexibility index (Phi) is 6.08. The lowest BCUT2D eigenvalue weighted by Crippen LogP contribution is -2.36. The molecule has 7 heteroatoms. The van der Waals surface area contributed by atoms with Crippen LogP contribution in [0, 0.1) is 10.1 Å². The standard InChI is InChI=1S/C18H22N4O3/c1-21(2)15(10-13-6-4-3-5-7-13)12-20-16-9-8-14(18(19)23)11-17(16)22(24)25/h3-9,11,15,20H,10,12H2,1-2H3,(H2,19,23). The van der Waals surface area contributed by atoms with E-state index in [4.69, 9.17) is 5.73 Å². The molecule has 2 rings (SSSR count). The third-order valence-electron chi connectivity index (χ3n) is 4.05. The van der Waals surface area contributed by atoms with E-state index in [1.54, 1.807) is 0 Å². The van der Waals surface area contributed by atoms with Gasteiger partial charge in [-0.05, 0) is 38.2 Å². The van der Waals surface area contributed by atoms with Crippen molar-refractivity contribution in [1.29, 1.82) is 0 Å². The Hall–Kier alpha value is -2.93. The number of hydrogen-bond donors (Lipinski definition) is 2. The van der Waals surface area contributed by atoms with Crippen LogP contribution in [0.3, 0.4) is 0 Å². The second-order valence-corrected chi connectivity index (χ2v) is 6.04. The summed E-state index contributed by atoms with van der Waals surface area (Å²) in [5.74, 6) is -0.690. The average molecular weight is 342 g/mol. The fourth-order valence-corrected chi connectivity index (χ4v) is 2.54. The highest BCUT2D eigenvalue weighted by atomic mass is 16.6. The number of rotatable bonds is 8. The molecular formula is C18H22N4O3. The summed E-state index contributed by atoms with van der Waals surface area (Å²) in [5, 5.41) is 14.4. The van der Waals surface area contributed by atoms with Crippen molar-refractivity contribution in [2.45, 2.75) is 12.5 Å². The Balaban J connectivity index is 2.14. The number of nitro benzene ring substituents is 1. The Morgan fingerprint density at radius 3 is 2.48 bits per heavy atom. The molecule has 0 fully saturated rings. The minimum absolute atomic E-state index is 0.116. The van der Waals surface area contributed by atoms with Gasteiger partial charge in [0.15, 0.2) is 0 Å². The van der Waals surface area contributed by atoms with Gasteiger partial charge in [0.1, 0.15) is 5.69 Å². The Labute approximate surface area is 146 Å². The van der Waals surface area contributed by atoms with Gasteiger partial charge < -0.3 is 16.0 Å². The Morgan fingerprint density at radius 1 is 1.24 bits per heavy atom. The van der Waals surface area contributed by atoms with Crippen LogP contribution in [-0.2, 0) is 6.42 Å². The van der Waals surface area contributed by atoms with Crippen LogP contribution in [0.15, 0.2) is 48.5 Å². The topological polar surface area (TPSA) is 102 Å². The summed E-state index contributed by atoms with van der Waals surface area (Å²) in [6.45, 7) is 0.526. The molecule has 2 aromatic rings. The molecule has 25 heavy (non-hydrogen) atoms. The van der Waals surface area contributed by atoms with Gasteiger partial charge in [0.2, 0.25) is 5.91 Å². The largest absolute Gasteiger partial charge is 0.378 e. The van der Waals surface area contributed by atoms with Gasteiger partial charge >= 0.3 is 0 Å². The first-order chi connectivity index (χ1) is 11.9. The molecule has 1 amide bonds. The molecule has 2 aromatic carbocycles. The molecule has 0 aromatic heterocycles. The molecule has 0 spiro atoms. The molecular weight excluding hydrogens is 320 g/mol. The van der Waals surface area contributed by atoms with Gasteiger partial charge in [-0.2, -0.15) is 0 Å². The summed E-state index contributed by atoms with van der Waals surface area (Å²) in [6.07, 6.45) is 0.813. The van der Waals surface area contributed by atoms with E-state index in [9.17, 15) is 14.9 Å². The Morgan fingerprint density at radius 2 is 1.92 bits per heavy atom. The molecule has 7 nitrogen and oxygen atoms in total. The van der Waals surface area contributed by atoms with Gasteiger partial charge in [-0.3, -0.25) is 14.9 Å². The smallest absolute Gasteiger partial charge is 0.293 e. The summed E-state index contributed by atoms with van der Waals surface area (Å²) in [7, 11) is 3.94. The highest BCUT2D eigenvalue weighted by Gasteiger charge is 2.18. The lowest BCUT2D eigenvalue weighted by atomic mass is 10.0. The number of benzene rings is 2. The average Bonchev–Trinajstić information content (AvgIpc) is 2.58. The van der Waals surface area contributed by atoms with Crippen molar-refractivity contribution in [3.63, 3.8) is 0 Å². The van der Waals surface area contributed by atoms with Gasteiger partial charge in [0.05, 0.1) is 4.92 Å². The first kappa shape index (κ1) is 18.4. The molecule has 0 aliphatic rings. The number of hydrogen-bond acceptors (Lipinski definition) is 5. The lowest BCUT2D eigenvalue weighted by Gasteiger charge is -2.25. The number of likely N-dealkylation sites (N-methyl/N-ethyl adjacent to an activating group) is 1. The van der Waals surface area contributed by atoms with Gasteiger partial charge in [0, 0.05) is 24.2 Å². The molecule has 0 radical (unpaired) electrons. The third kappa shape index (κ3) is 5.02. The number of amides is 1. The van der Waals surface area contributed by atoms with Crippen LogP contribution >= 0.6 is 0 Å². The predicted octanol–water partition coefficient (Wildman–Crippen LogP) is 2.28. The highest BCUT2D eigenvalue weighted by Crippen LogP contribution is 2.25. The third-order valence-corrected chi connectivity index (χ3v) is 4.05. The molecule has 0 bridgehead atoms. The quantitative estimate of drug-likeness (QED) is 0.566. The minimum atomic E-state index is -0.690. The second-order valence-electron chi connectivity index (χ2n) is 6.04. The minimum Gasteiger partial charge on any atom is -0.378 e. The van der Waals surface area contributed by atoms with Crippen LogP contribution in [0.1, 0.15) is 15.9 Å². The molecule has 0 heterocycles. The van der Waals surface area contributed by atoms with Gasteiger partial charge in [0.25, 0.3) is 5.69 Å². The van der Waals surface area contributed by atoms with E-state index in [0.29, 0.717) is 12.2 Å². The van der Waals surface area contributed by atoms with Crippen LogP contribution in [0.2, 0.25) is 0 Å². The number of carbonyl (C=O) groups excluding carboxylic acids is 1. The number of carbonyl (C=O) groups is 1. The molecule has 0 aliphatic carbocycles. The number of primary amides is 1. The summed E-state index contributed by atoms with van der Waals surface area (Å²) in [4.78, 5) is 24.0. The van der Waals surface area contributed by atoms with Crippen molar-refractivity contribution < 1.29 is 9.72 Å². The molecule has 132 valence electrons. The van der Waals surface area contributed by atoms with E-state index in [2.05, 4.69) is 22.3 Å². The van der Waals surface area contributed by atoms with Crippen LogP contribution in [0.25, 0.3) is 0 Å². The number of nitrogens with one attached hydrogen (secondary N) is 1. The number of anilines is 1. The number of nitrogens with zero attached hydrogens (tertiary/aromatic N) is 2. The predicted molar refractivity (Wildman–Crippen MR) is 97.7 cm³/mol. The molecule has 1 unspecified atom stereocenters. The molecule has 0 aliphatic heterocycles. The van der Waals surface area contributed by atoms with Crippen LogP contribution < -0.4 is 11.1 Å². The van der Waals surface area contributed by atoms with Crippen molar-refractivity contribution in [3.05, 3.63) is 69.8 Å². The van der Waals surface area contributed by atoms with Crippen molar-refractivity contribution in [3.8, 4) is 0 Å². The maximum atomic E-state index is 11.3. The van der Waals surface area contributed by atoms with Crippen molar-refractivity contribution in [2.24, 2.45) is 5.73 Å². The zero-order valence-corrected chi connectivity index (χ0v) is 14.3. The van der Waals surface area contributed by atoms with Crippen LogP contribution in [0.4, 0.5) is 11.4 Å². The molecule has 0 saturated carbocycles. The zero-order chi connectivity index (χ0) is 18.4. The van der Waals surface area contributed by atoms with Crippen molar-refractivity contribution in [2.75, 3.05) is 26.0 Å². The monoisotopic (exact) mass is 342 g/mol. The normalized spacial score (nSPS) is 12.0. The van der Waals surface area contributed by atoms with E-state index >= 15 is 0 Å². The first-order valence-corrected chi connectivity index (χ1v) is 7.91. The fourth-order valence-electron chi connectivity index (χ4n) is 2.54. The van der Waals surface area contributed by atoms with E-state index in [0.717, 1.165) is 6.42 Å². The molecule has 1 atom stereocenters. The Bertz CT molecular complexity index is 747. The van der Waals surface area contributed by atoms with Gasteiger partial charge in [-0.25, -0.2) is 0 Å². The zero-order valence-electron chi connectivity index (χ0n) is 14.3. The van der Waals surface area contributed by atoms with Crippen molar-refractivity contribution in [1.82, 2.24) is 4.90 Å². The van der Waals surface area contributed by atoms with Crippen LogP contribution in [-0.4, -0.2) is 42.4 Å². The van der Waals surface area contributed by atoms with E-state index in [1.165, 1.54) is 23.8 Å². The highest BCUT2D eigenvalue weighted by molar-refractivity contribution is 5.94. The molecule has 0 saturated heterocycles. The fraction of sp³-hybridized carbons (Fsp3) is 0.278. The van der Waals surface area contributed by atoms with Crippen LogP contribution in [0.5, 0.6) is 0 Å². The SMILES string of the molecule is CN(C)C(CNc1ccc(C(N)=O)cc1[N+](=O)[O-])Cc1ccccc1.